The van der Waals surface area contributed by atoms with Crippen molar-refractivity contribution in [2.24, 2.45) is 11.3 Å². The lowest BCUT2D eigenvalue weighted by molar-refractivity contribution is -0.155. The molecule has 8 nitrogen and oxygen atoms in total. The Balaban J connectivity index is 1.34. The Morgan fingerprint density at radius 2 is 1.51 bits per heavy atom. The number of carbonyl (C=O) groups excluding carboxylic acids is 4. The van der Waals surface area contributed by atoms with Crippen LogP contribution in [0, 0.1) is 11.3 Å². The molecule has 1 heterocycles. The Hall–Kier alpha value is -5.24. The molecule has 3 aromatic carbocycles. The van der Waals surface area contributed by atoms with Crippen molar-refractivity contribution in [3.8, 4) is 0 Å². The summed E-state index contributed by atoms with van der Waals surface area (Å²) in [6, 6.07) is 26.9. The Kier molecular flexibility index (Phi) is 12.8. The molecular formula is C43H48N2O6. The standard InChI is InChI=1S/C43H48N2O6/c1-4-26-43(3,28-38(46)50-29-32-15-8-5-9-16-32)42(49)44-39(31(2)34-22-24-36(25-23-34)35-19-12-7-13-20-35)40(47)45-27-14-21-37(45)41(48)51-30-33-17-10-6-11-18-33/h5-13,15-20,22,24-25,34,37,39H,2,4,14,21,23,26-30H2,1,3H3,(H,44,49). The van der Waals surface area contributed by atoms with Gasteiger partial charge in [-0.05, 0) is 53.5 Å². The lowest BCUT2D eigenvalue weighted by Gasteiger charge is -2.34. The minimum absolute atomic E-state index is 0.101. The van der Waals surface area contributed by atoms with Crippen molar-refractivity contribution >= 4 is 29.3 Å². The second-order valence-electron chi connectivity index (χ2n) is 13.6. The van der Waals surface area contributed by atoms with Crippen molar-refractivity contribution in [3.05, 3.63) is 138 Å². The molecule has 1 aliphatic carbocycles. The van der Waals surface area contributed by atoms with E-state index in [2.05, 4.69) is 18.0 Å². The second kappa shape index (κ2) is 17.6. The molecule has 0 spiro atoms. The summed E-state index contributed by atoms with van der Waals surface area (Å²) in [4.78, 5) is 56.7. The number of nitrogens with one attached hydrogen (secondary N) is 1. The number of allylic oxidation sites excluding steroid dienone is 4. The Morgan fingerprint density at radius 1 is 0.902 bits per heavy atom. The second-order valence-corrected chi connectivity index (χ2v) is 13.6. The van der Waals surface area contributed by atoms with Crippen LogP contribution in [0.5, 0.6) is 0 Å². The van der Waals surface area contributed by atoms with Crippen molar-refractivity contribution < 1.29 is 28.7 Å². The van der Waals surface area contributed by atoms with Gasteiger partial charge in [0, 0.05) is 12.5 Å². The largest absolute Gasteiger partial charge is 0.461 e. The van der Waals surface area contributed by atoms with Crippen LogP contribution in [-0.4, -0.2) is 47.3 Å². The van der Waals surface area contributed by atoms with Crippen molar-refractivity contribution in [1.82, 2.24) is 10.2 Å². The highest BCUT2D eigenvalue weighted by atomic mass is 16.5. The molecule has 1 N–H and O–H groups in total. The first-order chi connectivity index (χ1) is 24.7. The van der Waals surface area contributed by atoms with Crippen LogP contribution in [0.15, 0.2) is 121 Å². The highest BCUT2D eigenvalue weighted by Crippen LogP contribution is 2.33. The normalized spacial score (nSPS) is 18.5. The molecule has 0 saturated carbocycles. The summed E-state index contributed by atoms with van der Waals surface area (Å²) in [5, 5.41) is 3.01. The third-order valence-corrected chi connectivity index (χ3v) is 9.74. The van der Waals surface area contributed by atoms with E-state index in [1.54, 1.807) is 6.92 Å². The Bertz CT molecular complexity index is 1740. The molecule has 0 aromatic heterocycles. The zero-order chi connectivity index (χ0) is 36.2. The highest BCUT2D eigenvalue weighted by Gasteiger charge is 2.43. The predicted octanol–water partition coefficient (Wildman–Crippen LogP) is 7.36. The topological polar surface area (TPSA) is 102 Å². The number of esters is 2. The molecule has 4 unspecified atom stereocenters. The third-order valence-electron chi connectivity index (χ3n) is 9.74. The molecule has 5 rings (SSSR count). The maximum atomic E-state index is 14.5. The fourth-order valence-corrected chi connectivity index (χ4v) is 6.78. The zero-order valence-corrected chi connectivity index (χ0v) is 29.6. The Labute approximate surface area is 301 Å². The van der Waals surface area contributed by atoms with Crippen LogP contribution >= 0.6 is 0 Å². The van der Waals surface area contributed by atoms with Gasteiger partial charge in [0.25, 0.3) is 0 Å². The van der Waals surface area contributed by atoms with Crippen molar-refractivity contribution in [1.29, 1.82) is 0 Å². The number of likely N-dealkylation sites (tertiary alicyclic amines) is 1. The molecule has 8 heteroatoms. The summed E-state index contributed by atoms with van der Waals surface area (Å²) in [7, 11) is 0. The van der Waals surface area contributed by atoms with Crippen LogP contribution in [0.2, 0.25) is 0 Å². The van der Waals surface area contributed by atoms with Crippen molar-refractivity contribution in [2.45, 2.75) is 77.7 Å². The van der Waals surface area contributed by atoms with Crippen molar-refractivity contribution in [3.63, 3.8) is 0 Å². The molecule has 0 radical (unpaired) electrons. The number of nitrogens with zero attached hydrogens (tertiary/aromatic N) is 1. The van der Waals surface area contributed by atoms with E-state index >= 15 is 0 Å². The number of ether oxygens (including phenoxy) is 2. The van der Waals surface area contributed by atoms with Gasteiger partial charge in [-0.15, -0.1) is 0 Å². The third kappa shape index (κ3) is 9.72. The molecule has 1 aliphatic heterocycles. The minimum Gasteiger partial charge on any atom is -0.461 e. The quantitative estimate of drug-likeness (QED) is 0.132. The first-order valence-electron chi connectivity index (χ1n) is 17.8. The number of hydrogen-bond donors (Lipinski definition) is 1. The van der Waals surface area contributed by atoms with E-state index in [4.69, 9.17) is 9.47 Å². The van der Waals surface area contributed by atoms with Crippen LogP contribution in [0.4, 0.5) is 0 Å². The van der Waals surface area contributed by atoms with E-state index in [0.717, 1.165) is 22.3 Å². The molecule has 266 valence electrons. The first kappa shape index (κ1) is 37.0. The minimum atomic E-state index is -1.15. The van der Waals surface area contributed by atoms with Gasteiger partial charge in [0.15, 0.2) is 0 Å². The van der Waals surface area contributed by atoms with Gasteiger partial charge >= 0.3 is 11.9 Å². The van der Waals surface area contributed by atoms with Crippen LogP contribution in [0.25, 0.3) is 5.57 Å². The molecule has 2 amide bonds. The summed E-state index contributed by atoms with van der Waals surface area (Å²) in [5.74, 6) is -2.08. The van der Waals surface area contributed by atoms with Crippen molar-refractivity contribution in [2.75, 3.05) is 6.54 Å². The molecule has 2 aliphatic rings. The zero-order valence-electron chi connectivity index (χ0n) is 29.6. The summed E-state index contributed by atoms with van der Waals surface area (Å²) in [6.45, 7) is 8.60. The number of rotatable bonds is 15. The van der Waals surface area contributed by atoms with Gasteiger partial charge < -0.3 is 19.7 Å². The predicted molar refractivity (Wildman–Crippen MR) is 198 cm³/mol. The molecule has 4 atom stereocenters. The lowest BCUT2D eigenvalue weighted by Crippen LogP contribution is -2.55. The smallest absolute Gasteiger partial charge is 0.329 e. The van der Waals surface area contributed by atoms with E-state index in [1.165, 1.54) is 4.90 Å². The van der Waals surface area contributed by atoms with E-state index in [9.17, 15) is 19.2 Å². The van der Waals surface area contributed by atoms with Gasteiger partial charge in [-0.2, -0.15) is 0 Å². The Morgan fingerprint density at radius 3 is 2.10 bits per heavy atom. The summed E-state index contributed by atoms with van der Waals surface area (Å²) in [6.07, 6.45) is 8.68. The number of carbonyl (C=O) groups is 4. The van der Waals surface area contributed by atoms with E-state index in [1.807, 2.05) is 110 Å². The first-order valence-corrected chi connectivity index (χ1v) is 17.8. The molecule has 0 bridgehead atoms. The fourth-order valence-electron chi connectivity index (χ4n) is 6.78. The lowest BCUT2D eigenvalue weighted by atomic mass is 9.80. The van der Waals surface area contributed by atoms with Gasteiger partial charge in [0.2, 0.25) is 11.8 Å². The number of amides is 2. The molecule has 3 aromatic rings. The SMILES string of the molecule is C=C(C1C=CC(c2ccccc2)=CC1)C(NC(=O)C(C)(CCC)CC(=O)OCc1ccccc1)C(=O)N1CCCC1C(=O)OCc1ccccc1. The van der Waals surface area contributed by atoms with Gasteiger partial charge in [-0.3, -0.25) is 14.4 Å². The van der Waals surface area contributed by atoms with Gasteiger partial charge in [0.1, 0.15) is 25.3 Å². The molecular weight excluding hydrogens is 640 g/mol. The summed E-state index contributed by atoms with van der Waals surface area (Å²) < 4.78 is 11.2. The summed E-state index contributed by atoms with van der Waals surface area (Å²) in [5.41, 5.74) is 3.22. The molecule has 1 fully saturated rings. The number of benzene rings is 3. The summed E-state index contributed by atoms with van der Waals surface area (Å²) >= 11 is 0. The molecule has 51 heavy (non-hydrogen) atoms. The maximum Gasteiger partial charge on any atom is 0.329 e. The van der Waals surface area contributed by atoms with Gasteiger partial charge in [-0.1, -0.05) is 136 Å². The van der Waals surface area contributed by atoms with Crippen LogP contribution < -0.4 is 5.32 Å². The van der Waals surface area contributed by atoms with Gasteiger partial charge in [-0.25, -0.2) is 4.79 Å². The molecule has 1 saturated heterocycles. The monoisotopic (exact) mass is 688 g/mol. The van der Waals surface area contributed by atoms with E-state index in [-0.39, 0.29) is 25.6 Å². The van der Waals surface area contributed by atoms with E-state index < -0.39 is 41.3 Å². The highest BCUT2D eigenvalue weighted by molar-refractivity contribution is 5.95. The average Bonchev–Trinajstić information content (AvgIpc) is 3.66. The van der Waals surface area contributed by atoms with E-state index in [0.29, 0.717) is 44.2 Å². The van der Waals surface area contributed by atoms with Crippen LogP contribution in [0.1, 0.15) is 69.1 Å². The van der Waals surface area contributed by atoms with Gasteiger partial charge in [0.05, 0.1) is 11.8 Å². The van der Waals surface area contributed by atoms with Crippen LogP contribution in [0.3, 0.4) is 0 Å². The maximum absolute atomic E-state index is 14.5. The fraction of sp³-hybridized carbons (Fsp3) is 0.349. The average molecular weight is 689 g/mol. The van der Waals surface area contributed by atoms with Crippen LogP contribution in [-0.2, 0) is 41.9 Å². The number of hydrogen-bond acceptors (Lipinski definition) is 6.